The van der Waals surface area contributed by atoms with Gasteiger partial charge in [0.25, 0.3) is 0 Å². The number of hydrogen-bond donors (Lipinski definition) is 0. The Labute approximate surface area is 89.7 Å². The first kappa shape index (κ1) is 11.7. The molecule has 0 aromatic carbocycles. The summed E-state index contributed by atoms with van der Waals surface area (Å²) in [4.78, 5) is 16.9. The van der Waals surface area contributed by atoms with Crippen molar-refractivity contribution in [3.05, 3.63) is 18.7 Å². The number of nitrogens with zero attached hydrogens (tertiary/aromatic N) is 3. The lowest BCUT2D eigenvalue weighted by atomic mass is 10.4. The number of esters is 1. The van der Waals surface area contributed by atoms with Gasteiger partial charge in [0.1, 0.15) is 0 Å². The molecule has 1 rings (SSSR count). The number of carbonyl (C=O) groups excluding carboxylic acids is 1. The average Bonchev–Trinajstić information content (AvgIpc) is 2.75. The van der Waals surface area contributed by atoms with Gasteiger partial charge in [-0.2, -0.15) is 0 Å². The van der Waals surface area contributed by atoms with Crippen LogP contribution in [0.2, 0.25) is 0 Å². The van der Waals surface area contributed by atoms with Crippen LogP contribution in [0.1, 0.15) is 6.42 Å². The van der Waals surface area contributed by atoms with Gasteiger partial charge in [0, 0.05) is 32.0 Å². The number of carbonyl (C=O) groups is 1. The van der Waals surface area contributed by atoms with E-state index in [0.717, 1.165) is 19.6 Å². The Hall–Kier alpha value is -1.36. The topological polar surface area (TPSA) is 47.4 Å². The third kappa shape index (κ3) is 4.60. The van der Waals surface area contributed by atoms with Gasteiger partial charge in [-0.1, -0.05) is 0 Å². The van der Waals surface area contributed by atoms with Crippen molar-refractivity contribution in [2.45, 2.75) is 13.0 Å². The molecule has 0 radical (unpaired) electrons. The number of rotatable bonds is 6. The van der Waals surface area contributed by atoms with Crippen molar-refractivity contribution in [2.24, 2.45) is 0 Å². The van der Waals surface area contributed by atoms with E-state index in [1.54, 1.807) is 12.5 Å². The van der Waals surface area contributed by atoms with E-state index in [1.165, 1.54) is 7.11 Å². The van der Waals surface area contributed by atoms with Gasteiger partial charge >= 0.3 is 5.97 Å². The molecule has 1 heterocycles. The predicted octanol–water partition coefficient (Wildman–Crippen LogP) is 0.378. The molecule has 0 saturated heterocycles. The molecule has 0 aliphatic heterocycles. The first-order valence-electron chi connectivity index (χ1n) is 4.93. The third-order valence-corrected chi connectivity index (χ3v) is 2.22. The second-order valence-corrected chi connectivity index (χ2v) is 3.43. The van der Waals surface area contributed by atoms with Crippen LogP contribution in [0.4, 0.5) is 0 Å². The lowest BCUT2D eigenvalue weighted by Gasteiger charge is -2.15. The van der Waals surface area contributed by atoms with Crippen molar-refractivity contribution in [1.29, 1.82) is 0 Å². The summed E-state index contributed by atoms with van der Waals surface area (Å²) in [7, 11) is 3.40. The summed E-state index contributed by atoms with van der Waals surface area (Å²) in [5.74, 6) is -0.163. The number of imidazole rings is 1. The number of methoxy groups -OCH3 is 1. The van der Waals surface area contributed by atoms with E-state index in [0.29, 0.717) is 6.42 Å². The van der Waals surface area contributed by atoms with Crippen LogP contribution in [-0.2, 0) is 16.1 Å². The van der Waals surface area contributed by atoms with E-state index in [4.69, 9.17) is 0 Å². The molecule has 0 amide bonds. The fraction of sp³-hybridized carbons (Fsp3) is 0.600. The maximum Gasteiger partial charge on any atom is 0.306 e. The SMILES string of the molecule is COC(=O)CCN(C)CCn1ccnc1. The molecule has 15 heavy (non-hydrogen) atoms. The Kier molecular flexibility index (Phi) is 4.83. The summed E-state index contributed by atoms with van der Waals surface area (Å²) in [5.41, 5.74) is 0. The summed E-state index contributed by atoms with van der Waals surface area (Å²) in [6.07, 6.45) is 5.91. The van der Waals surface area contributed by atoms with Gasteiger partial charge in [-0.05, 0) is 7.05 Å². The van der Waals surface area contributed by atoms with Crippen LogP contribution >= 0.6 is 0 Å². The van der Waals surface area contributed by atoms with Gasteiger partial charge in [-0.25, -0.2) is 4.98 Å². The predicted molar refractivity (Wildman–Crippen MR) is 56.4 cm³/mol. The minimum absolute atomic E-state index is 0.163. The molecule has 0 atom stereocenters. The third-order valence-electron chi connectivity index (χ3n) is 2.22. The second-order valence-electron chi connectivity index (χ2n) is 3.43. The van der Waals surface area contributed by atoms with E-state index in [1.807, 2.05) is 17.8 Å². The molecule has 0 aliphatic carbocycles. The van der Waals surface area contributed by atoms with Gasteiger partial charge < -0.3 is 14.2 Å². The van der Waals surface area contributed by atoms with E-state index in [2.05, 4.69) is 14.6 Å². The lowest BCUT2D eigenvalue weighted by Crippen LogP contribution is -2.25. The highest BCUT2D eigenvalue weighted by Gasteiger charge is 2.03. The lowest BCUT2D eigenvalue weighted by molar-refractivity contribution is -0.140. The summed E-state index contributed by atoms with van der Waals surface area (Å²) in [5, 5.41) is 0. The molecule has 84 valence electrons. The maximum absolute atomic E-state index is 10.9. The molecule has 1 aromatic heterocycles. The number of ether oxygens (including phenoxy) is 1. The fourth-order valence-electron chi connectivity index (χ4n) is 1.20. The molecular weight excluding hydrogens is 194 g/mol. The maximum atomic E-state index is 10.9. The van der Waals surface area contributed by atoms with Crippen molar-refractivity contribution in [3.8, 4) is 0 Å². The van der Waals surface area contributed by atoms with Crippen LogP contribution in [0.3, 0.4) is 0 Å². The Bertz CT molecular complexity index is 285. The Balaban J connectivity index is 2.13. The van der Waals surface area contributed by atoms with Crippen LogP contribution in [0.15, 0.2) is 18.7 Å². The molecule has 0 unspecified atom stereocenters. The van der Waals surface area contributed by atoms with Crippen molar-refractivity contribution in [3.63, 3.8) is 0 Å². The molecular formula is C10H17N3O2. The minimum atomic E-state index is -0.163. The Morgan fingerprint density at radius 2 is 2.33 bits per heavy atom. The number of aromatic nitrogens is 2. The van der Waals surface area contributed by atoms with E-state index >= 15 is 0 Å². The van der Waals surface area contributed by atoms with Gasteiger partial charge in [0.2, 0.25) is 0 Å². The average molecular weight is 211 g/mol. The van der Waals surface area contributed by atoms with Crippen LogP contribution < -0.4 is 0 Å². The summed E-state index contributed by atoms with van der Waals surface area (Å²) < 4.78 is 6.58. The summed E-state index contributed by atoms with van der Waals surface area (Å²) in [6, 6.07) is 0. The first-order valence-corrected chi connectivity index (χ1v) is 4.93. The minimum Gasteiger partial charge on any atom is -0.469 e. The zero-order valence-electron chi connectivity index (χ0n) is 9.22. The molecule has 0 bridgehead atoms. The Morgan fingerprint density at radius 3 is 2.93 bits per heavy atom. The van der Waals surface area contributed by atoms with Gasteiger partial charge in [0.15, 0.2) is 0 Å². The van der Waals surface area contributed by atoms with E-state index < -0.39 is 0 Å². The first-order chi connectivity index (χ1) is 7.22. The molecule has 0 N–H and O–H groups in total. The van der Waals surface area contributed by atoms with Crippen LogP contribution in [0, 0.1) is 0 Å². The molecule has 1 aromatic rings. The van der Waals surface area contributed by atoms with Gasteiger partial charge in [-0.15, -0.1) is 0 Å². The highest BCUT2D eigenvalue weighted by atomic mass is 16.5. The highest BCUT2D eigenvalue weighted by molar-refractivity contribution is 5.69. The summed E-state index contributed by atoms with van der Waals surface area (Å²) >= 11 is 0. The van der Waals surface area contributed by atoms with Crippen molar-refractivity contribution >= 4 is 5.97 Å². The van der Waals surface area contributed by atoms with Gasteiger partial charge in [0.05, 0.1) is 19.9 Å². The van der Waals surface area contributed by atoms with Crippen LogP contribution in [-0.4, -0.2) is 47.7 Å². The second kappa shape index (κ2) is 6.19. The number of likely N-dealkylation sites (N-methyl/N-ethyl adjacent to an activating group) is 1. The molecule has 0 spiro atoms. The molecule has 5 heteroatoms. The van der Waals surface area contributed by atoms with Gasteiger partial charge in [-0.3, -0.25) is 4.79 Å². The zero-order chi connectivity index (χ0) is 11.1. The summed E-state index contributed by atoms with van der Waals surface area (Å²) in [6.45, 7) is 2.51. The standard InChI is InChI=1S/C10H17N3O2/c1-12(5-3-10(14)15-2)7-8-13-6-4-11-9-13/h4,6,9H,3,5,7-8H2,1-2H3. The van der Waals surface area contributed by atoms with E-state index in [9.17, 15) is 4.79 Å². The van der Waals surface area contributed by atoms with Crippen molar-refractivity contribution in [1.82, 2.24) is 14.5 Å². The van der Waals surface area contributed by atoms with Crippen LogP contribution in [0.25, 0.3) is 0 Å². The monoisotopic (exact) mass is 211 g/mol. The van der Waals surface area contributed by atoms with E-state index in [-0.39, 0.29) is 5.97 Å². The zero-order valence-corrected chi connectivity index (χ0v) is 9.22. The smallest absolute Gasteiger partial charge is 0.306 e. The van der Waals surface area contributed by atoms with Crippen molar-refractivity contribution < 1.29 is 9.53 Å². The van der Waals surface area contributed by atoms with Crippen LogP contribution in [0.5, 0.6) is 0 Å². The molecule has 0 aliphatic rings. The molecule has 0 saturated carbocycles. The molecule has 5 nitrogen and oxygen atoms in total. The Morgan fingerprint density at radius 1 is 1.53 bits per heavy atom. The normalized spacial score (nSPS) is 10.6. The highest BCUT2D eigenvalue weighted by Crippen LogP contribution is 1.92. The van der Waals surface area contributed by atoms with Crippen molar-refractivity contribution in [2.75, 3.05) is 27.2 Å². The fourth-order valence-corrected chi connectivity index (χ4v) is 1.20. The largest absolute Gasteiger partial charge is 0.469 e. The quantitative estimate of drug-likeness (QED) is 0.638. The number of hydrogen-bond acceptors (Lipinski definition) is 4. The molecule has 0 fully saturated rings.